The van der Waals surface area contributed by atoms with Crippen LogP contribution in [0.25, 0.3) is 0 Å². The summed E-state index contributed by atoms with van der Waals surface area (Å²) in [5.74, 6) is -0.119. The zero-order valence-corrected chi connectivity index (χ0v) is 15.5. The molecule has 132 valence electrons. The van der Waals surface area contributed by atoms with Crippen molar-refractivity contribution >= 4 is 27.8 Å². The number of hydrogen-bond acceptors (Lipinski definition) is 4. The maximum absolute atomic E-state index is 11.9. The number of esters is 1. The van der Waals surface area contributed by atoms with Gasteiger partial charge in [0.2, 0.25) is 0 Å². The van der Waals surface area contributed by atoms with E-state index in [4.69, 9.17) is 9.47 Å². The molecule has 0 radical (unpaired) electrons. The molecule has 0 bridgehead atoms. The third-order valence-electron chi connectivity index (χ3n) is 3.43. The molecule has 25 heavy (non-hydrogen) atoms. The SMILES string of the molecule is C[C@@H](NC(=O)COC(=O)CCOc1ccccc1)c1ccc(Br)cc1. The number of hydrogen-bond donors (Lipinski definition) is 1. The van der Waals surface area contributed by atoms with Crippen molar-refractivity contribution < 1.29 is 19.1 Å². The predicted octanol–water partition coefficient (Wildman–Crippen LogP) is 3.64. The summed E-state index contributed by atoms with van der Waals surface area (Å²) in [6.45, 7) is 1.78. The van der Waals surface area contributed by atoms with E-state index in [9.17, 15) is 9.59 Å². The second-order valence-electron chi connectivity index (χ2n) is 5.41. The van der Waals surface area contributed by atoms with Gasteiger partial charge >= 0.3 is 5.97 Å². The lowest BCUT2D eigenvalue weighted by Crippen LogP contribution is -2.31. The smallest absolute Gasteiger partial charge is 0.309 e. The third-order valence-corrected chi connectivity index (χ3v) is 3.96. The van der Waals surface area contributed by atoms with Gasteiger partial charge in [-0.2, -0.15) is 0 Å². The topological polar surface area (TPSA) is 64.6 Å². The normalized spacial score (nSPS) is 11.4. The van der Waals surface area contributed by atoms with Crippen molar-refractivity contribution in [3.63, 3.8) is 0 Å². The number of nitrogens with one attached hydrogen (secondary N) is 1. The van der Waals surface area contributed by atoms with Crippen LogP contribution in [0.5, 0.6) is 5.75 Å². The fourth-order valence-corrected chi connectivity index (χ4v) is 2.37. The Bertz CT molecular complexity index is 688. The molecule has 0 fully saturated rings. The highest BCUT2D eigenvalue weighted by Gasteiger charge is 2.12. The number of rotatable bonds is 8. The summed E-state index contributed by atoms with van der Waals surface area (Å²) in [5.41, 5.74) is 0.971. The van der Waals surface area contributed by atoms with E-state index in [1.54, 1.807) is 0 Å². The monoisotopic (exact) mass is 405 g/mol. The summed E-state index contributed by atoms with van der Waals surface area (Å²) in [6.07, 6.45) is 0.0877. The van der Waals surface area contributed by atoms with Gasteiger partial charge in [-0.25, -0.2) is 0 Å². The van der Waals surface area contributed by atoms with Crippen LogP contribution in [0.3, 0.4) is 0 Å². The molecule has 6 heteroatoms. The predicted molar refractivity (Wildman–Crippen MR) is 98.2 cm³/mol. The molecule has 1 atom stereocenters. The molecule has 1 amide bonds. The molecule has 0 aliphatic rings. The molecule has 0 aromatic heterocycles. The molecule has 0 saturated carbocycles. The van der Waals surface area contributed by atoms with Gasteiger partial charge in [-0.1, -0.05) is 46.3 Å². The van der Waals surface area contributed by atoms with Gasteiger partial charge < -0.3 is 14.8 Å². The Morgan fingerprint density at radius 2 is 1.76 bits per heavy atom. The quantitative estimate of drug-likeness (QED) is 0.680. The Hall–Kier alpha value is -2.34. The Morgan fingerprint density at radius 3 is 2.44 bits per heavy atom. The minimum absolute atomic E-state index is 0.0877. The highest BCUT2D eigenvalue weighted by Crippen LogP contribution is 2.16. The van der Waals surface area contributed by atoms with Crippen LogP contribution in [0.15, 0.2) is 59.1 Å². The van der Waals surface area contributed by atoms with Crippen LogP contribution >= 0.6 is 15.9 Å². The lowest BCUT2D eigenvalue weighted by molar-refractivity contribution is -0.149. The fraction of sp³-hybridized carbons (Fsp3) is 0.263. The van der Waals surface area contributed by atoms with Crippen LogP contribution in [-0.4, -0.2) is 25.1 Å². The first-order valence-electron chi connectivity index (χ1n) is 7.93. The Balaban J connectivity index is 1.65. The third kappa shape index (κ3) is 6.97. The van der Waals surface area contributed by atoms with Gasteiger partial charge in [0, 0.05) is 4.47 Å². The number of ether oxygens (including phenoxy) is 2. The largest absolute Gasteiger partial charge is 0.493 e. The van der Waals surface area contributed by atoms with Gasteiger partial charge in [-0.15, -0.1) is 0 Å². The summed E-state index contributed by atoms with van der Waals surface area (Å²) >= 11 is 3.37. The minimum atomic E-state index is -0.470. The van der Waals surface area contributed by atoms with Gasteiger partial charge in [0.1, 0.15) is 5.75 Å². The van der Waals surface area contributed by atoms with Crippen molar-refractivity contribution in [2.45, 2.75) is 19.4 Å². The average molecular weight is 406 g/mol. The molecule has 2 rings (SSSR count). The van der Waals surface area contributed by atoms with E-state index in [2.05, 4.69) is 21.2 Å². The van der Waals surface area contributed by atoms with Gasteiger partial charge in [0.15, 0.2) is 6.61 Å². The lowest BCUT2D eigenvalue weighted by atomic mass is 10.1. The van der Waals surface area contributed by atoms with Crippen LogP contribution < -0.4 is 10.1 Å². The molecule has 0 unspecified atom stereocenters. The molecular formula is C19H20BrNO4. The van der Waals surface area contributed by atoms with Crippen molar-refractivity contribution in [1.29, 1.82) is 0 Å². The van der Waals surface area contributed by atoms with Crippen LogP contribution in [0, 0.1) is 0 Å². The minimum Gasteiger partial charge on any atom is -0.493 e. The van der Waals surface area contributed by atoms with E-state index < -0.39 is 5.97 Å². The molecule has 5 nitrogen and oxygen atoms in total. The van der Waals surface area contributed by atoms with Gasteiger partial charge in [-0.3, -0.25) is 9.59 Å². The van der Waals surface area contributed by atoms with Crippen molar-refractivity contribution in [3.8, 4) is 5.75 Å². The average Bonchev–Trinajstić information content (AvgIpc) is 2.61. The maximum atomic E-state index is 11.9. The summed E-state index contributed by atoms with van der Waals surface area (Å²) in [6, 6.07) is 16.7. The molecule has 0 aliphatic heterocycles. The Labute approximate surface area is 155 Å². The summed E-state index contributed by atoms with van der Waals surface area (Å²) < 4.78 is 11.3. The van der Waals surface area contributed by atoms with Crippen molar-refractivity contribution in [3.05, 3.63) is 64.6 Å². The first kappa shape index (κ1) is 19.0. The zero-order chi connectivity index (χ0) is 18.1. The molecule has 1 N–H and O–H groups in total. The standard InChI is InChI=1S/C19H20BrNO4/c1-14(15-7-9-16(20)10-8-15)21-18(22)13-25-19(23)11-12-24-17-5-3-2-4-6-17/h2-10,14H,11-13H2,1H3,(H,21,22)/t14-/m1/s1. The van der Waals surface area contributed by atoms with E-state index in [1.165, 1.54) is 0 Å². The molecule has 0 heterocycles. The highest BCUT2D eigenvalue weighted by molar-refractivity contribution is 9.10. The van der Waals surface area contributed by atoms with Crippen LogP contribution in [0.1, 0.15) is 24.9 Å². The number of para-hydroxylation sites is 1. The molecule has 0 spiro atoms. The summed E-state index contributed by atoms with van der Waals surface area (Å²) in [7, 11) is 0. The highest BCUT2D eigenvalue weighted by atomic mass is 79.9. The van der Waals surface area contributed by atoms with Crippen molar-refractivity contribution in [2.24, 2.45) is 0 Å². The van der Waals surface area contributed by atoms with Crippen LogP contribution in [0.4, 0.5) is 0 Å². The number of benzene rings is 2. The molecular weight excluding hydrogens is 386 g/mol. The zero-order valence-electron chi connectivity index (χ0n) is 13.9. The molecule has 2 aromatic carbocycles. The molecule has 0 aliphatic carbocycles. The fourth-order valence-electron chi connectivity index (χ4n) is 2.11. The number of halogens is 1. The maximum Gasteiger partial charge on any atom is 0.309 e. The first-order valence-corrected chi connectivity index (χ1v) is 8.72. The number of carbonyl (C=O) groups excluding carboxylic acids is 2. The second kappa shape index (κ2) is 9.84. The van der Waals surface area contributed by atoms with Gasteiger partial charge in [0.25, 0.3) is 5.91 Å². The Morgan fingerprint density at radius 1 is 1.08 bits per heavy atom. The second-order valence-corrected chi connectivity index (χ2v) is 6.33. The van der Waals surface area contributed by atoms with Crippen molar-refractivity contribution in [1.82, 2.24) is 5.32 Å². The van der Waals surface area contributed by atoms with Crippen molar-refractivity contribution in [2.75, 3.05) is 13.2 Å². The van der Waals surface area contributed by atoms with Crippen LogP contribution in [-0.2, 0) is 14.3 Å². The lowest BCUT2D eigenvalue weighted by Gasteiger charge is -2.14. The van der Waals surface area contributed by atoms with Gasteiger partial charge in [-0.05, 0) is 36.8 Å². The van der Waals surface area contributed by atoms with Crippen LogP contribution in [0.2, 0.25) is 0 Å². The number of carbonyl (C=O) groups is 2. The summed E-state index contributed by atoms with van der Waals surface area (Å²) in [4.78, 5) is 23.5. The summed E-state index contributed by atoms with van der Waals surface area (Å²) in [5, 5.41) is 2.79. The first-order chi connectivity index (χ1) is 12.0. The number of amides is 1. The van der Waals surface area contributed by atoms with E-state index in [1.807, 2.05) is 61.5 Å². The molecule has 0 saturated heterocycles. The molecule has 2 aromatic rings. The van der Waals surface area contributed by atoms with E-state index in [0.717, 1.165) is 10.0 Å². The van der Waals surface area contributed by atoms with E-state index in [0.29, 0.717) is 5.75 Å². The Kier molecular flexibility index (Phi) is 7.47. The van der Waals surface area contributed by atoms with E-state index >= 15 is 0 Å². The van der Waals surface area contributed by atoms with E-state index in [-0.39, 0.29) is 31.6 Å². The van der Waals surface area contributed by atoms with Gasteiger partial charge in [0.05, 0.1) is 19.1 Å².